The Kier molecular flexibility index (Phi) is 5.57. The van der Waals surface area contributed by atoms with Crippen LogP contribution in [0.1, 0.15) is 44.5 Å². The minimum absolute atomic E-state index is 0.0364. The third kappa shape index (κ3) is 4.85. The lowest BCUT2D eigenvalue weighted by molar-refractivity contribution is 0.319. The van der Waals surface area contributed by atoms with Gasteiger partial charge in [0.2, 0.25) is 0 Å². The van der Waals surface area contributed by atoms with E-state index < -0.39 is 0 Å². The van der Waals surface area contributed by atoms with E-state index in [2.05, 4.69) is 51.5 Å². The van der Waals surface area contributed by atoms with Crippen molar-refractivity contribution >= 4 is 0 Å². The quantitative estimate of drug-likeness (QED) is 0.809. The van der Waals surface area contributed by atoms with Crippen molar-refractivity contribution in [1.29, 1.82) is 0 Å². The molecule has 0 saturated carbocycles. The zero-order chi connectivity index (χ0) is 16.3. The van der Waals surface area contributed by atoms with E-state index in [1.54, 1.807) is 7.11 Å². The standard InChI is InChI=1S/C18H30N2O/c1-9-18(7,12-20-17(4,5)6)10-15-14(3)16(21-8)13(2)11-19-15/h9,11,20H,1,10,12H2,2-8H3. The number of pyridine rings is 1. The first-order chi connectivity index (χ1) is 9.62. The molecule has 1 rings (SSSR count). The summed E-state index contributed by atoms with van der Waals surface area (Å²) in [6.07, 6.45) is 4.77. The van der Waals surface area contributed by atoms with Crippen LogP contribution in [0.25, 0.3) is 0 Å². The van der Waals surface area contributed by atoms with Crippen LogP contribution in [0.4, 0.5) is 0 Å². The number of hydrogen-bond donors (Lipinski definition) is 1. The predicted molar refractivity (Wildman–Crippen MR) is 90.0 cm³/mol. The molecule has 0 fully saturated rings. The first kappa shape index (κ1) is 17.7. The molecular weight excluding hydrogens is 260 g/mol. The maximum atomic E-state index is 5.50. The average molecular weight is 290 g/mol. The molecule has 0 spiro atoms. The fraction of sp³-hybridized carbons (Fsp3) is 0.611. The second-order valence-corrected chi connectivity index (χ2v) is 7.18. The van der Waals surface area contributed by atoms with Crippen LogP contribution in [-0.2, 0) is 6.42 Å². The molecule has 0 radical (unpaired) electrons. The molecular formula is C18H30N2O. The summed E-state index contributed by atoms with van der Waals surface area (Å²) >= 11 is 0. The van der Waals surface area contributed by atoms with Gasteiger partial charge in [-0.05, 0) is 34.6 Å². The zero-order valence-corrected chi connectivity index (χ0v) is 14.6. The van der Waals surface area contributed by atoms with Crippen LogP contribution in [0.3, 0.4) is 0 Å². The number of nitrogens with zero attached hydrogens (tertiary/aromatic N) is 1. The molecule has 1 aromatic heterocycles. The SMILES string of the molecule is C=CC(C)(CNC(C)(C)C)Cc1ncc(C)c(OC)c1C. The normalized spacial score (nSPS) is 14.6. The summed E-state index contributed by atoms with van der Waals surface area (Å²) in [6.45, 7) is 17.7. The number of aryl methyl sites for hydroxylation is 1. The summed E-state index contributed by atoms with van der Waals surface area (Å²) in [5.74, 6) is 0.940. The number of rotatable bonds is 6. The Bertz CT molecular complexity index is 503. The van der Waals surface area contributed by atoms with Crippen molar-refractivity contribution in [2.75, 3.05) is 13.7 Å². The van der Waals surface area contributed by atoms with Crippen LogP contribution in [-0.4, -0.2) is 24.2 Å². The zero-order valence-electron chi connectivity index (χ0n) is 14.6. The first-order valence-corrected chi connectivity index (χ1v) is 7.49. The van der Waals surface area contributed by atoms with Gasteiger partial charge >= 0.3 is 0 Å². The maximum Gasteiger partial charge on any atom is 0.128 e. The minimum atomic E-state index is -0.0364. The molecule has 0 bridgehead atoms. The van der Waals surface area contributed by atoms with Gasteiger partial charge < -0.3 is 10.1 Å². The van der Waals surface area contributed by atoms with Crippen LogP contribution in [0.5, 0.6) is 5.75 Å². The lowest BCUT2D eigenvalue weighted by Gasteiger charge is -2.31. The second-order valence-electron chi connectivity index (χ2n) is 7.18. The van der Waals surface area contributed by atoms with Gasteiger partial charge in [0, 0.05) is 46.9 Å². The summed E-state index contributed by atoms with van der Waals surface area (Å²) < 4.78 is 5.50. The summed E-state index contributed by atoms with van der Waals surface area (Å²) in [5, 5.41) is 3.56. The summed E-state index contributed by atoms with van der Waals surface area (Å²) in [7, 11) is 1.72. The molecule has 0 aliphatic rings. The van der Waals surface area contributed by atoms with E-state index in [-0.39, 0.29) is 11.0 Å². The molecule has 1 aromatic rings. The molecule has 0 saturated heterocycles. The molecule has 0 aliphatic heterocycles. The van der Waals surface area contributed by atoms with Gasteiger partial charge in [-0.15, -0.1) is 6.58 Å². The predicted octanol–water partition coefficient (Wildman–Crippen LogP) is 3.83. The third-order valence-electron chi connectivity index (χ3n) is 3.84. The Hall–Kier alpha value is -1.35. The Morgan fingerprint density at radius 1 is 1.29 bits per heavy atom. The van der Waals surface area contributed by atoms with Crippen molar-refractivity contribution in [3.63, 3.8) is 0 Å². The van der Waals surface area contributed by atoms with E-state index in [4.69, 9.17) is 4.74 Å². The molecule has 1 heterocycles. The first-order valence-electron chi connectivity index (χ1n) is 7.49. The number of hydrogen-bond acceptors (Lipinski definition) is 3. The van der Waals surface area contributed by atoms with E-state index in [9.17, 15) is 0 Å². The summed E-state index contributed by atoms with van der Waals surface area (Å²) in [4.78, 5) is 4.61. The van der Waals surface area contributed by atoms with Gasteiger partial charge in [0.25, 0.3) is 0 Å². The van der Waals surface area contributed by atoms with Crippen LogP contribution in [0.2, 0.25) is 0 Å². The van der Waals surface area contributed by atoms with Crippen molar-refractivity contribution < 1.29 is 4.74 Å². The second kappa shape index (κ2) is 6.61. The van der Waals surface area contributed by atoms with Crippen LogP contribution < -0.4 is 10.1 Å². The highest BCUT2D eigenvalue weighted by Crippen LogP contribution is 2.30. The topological polar surface area (TPSA) is 34.2 Å². The van der Waals surface area contributed by atoms with Gasteiger partial charge in [-0.25, -0.2) is 0 Å². The van der Waals surface area contributed by atoms with Crippen LogP contribution >= 0.6 is 0 Å². The minimum Gasteiger partial charge on any atom is -0.496 e. The Labute approximate surface area is 129 Å². The van der Waals surface area contributed by atoms with Crippen molar-refractivity contribution in [2.24, 2.45) is 5.41 Å². The monoisotopic (exact) mass is 290 g/mol. The van der Waals surface area contributed by atoms with Crippen molar-refractivity contribution in [2.45, 2.75) is 53.5 Å². The smallest absolute Gasteiger partial charge is 0.128 e. The van der Waals surface area contributed by atoms with E-state index in [0.29, 0.717) is 0 Å². The lowest BCUT2D eigenvalue weighted by atomic mass is 9.83. The Morgan fingerprint density at radius 3 is 2.38 bits per heavy atom. The van der Waals surface area contributed by atoms with Crippen LogP contribution in [0, 0.1) is 19.3 Å². The molecule has 3 nitrogen and oxygen atoms in total. The van der Waals surface area contributed by atoms with Gasteiger partial charge in [0.1, 0.15) is 5.75 Å². The molecule has 0 aromatic carbocycles. The van der Waals surface area contributed by atoms with Gasteiger partial charge in [-0.2, -0.15) is 0 Å². The molecule has 0 amide bonds. The molecule has 21 heavy (non-hydrogen) atoms. The third-order valence-corrected chi connectivity index (χ3v) is 3.84. The molecule has 1 N–H and O–H groups in total. The lowest BCUT2D eigenvalue weighted by Crippen LogP contribution is -2.43. The highest BCUT2D eigenvalue weighted by molar-refractivity contribution is 5.41. The Morgan fingerprint density at radius 2 is 1.90 bits per heavy atom. The molecule has 118 valence electrons. The summed E-state index contributed by atoms with van der Waals surface area (Å²) in [5.41, 5.74) is 3.34. The largest absolute Gasteiger partial charge is 0.496 e. The molecule has 0 aliphatic carbocycles. The van der Waals surface area contributed by atoms with Gasteiger partial charge in [0.15, 0.2) is 0 Å². The van der Waals surface area contributed by atoms with Gasteiger partial charge in [-0.3, -0.25) is 4.98 Å². The fourth-order valence-corrected chi connectivity index (χ4v) is 2.31. The Balaban J connectivity index is 2.99. The molecule has 1 atom stereocenters. The highest BCUT2D eigenvalue weighted by atomic mass is 16.5. The number of methoxy groups -OCH3 is 1. The van der Waals surface area contributed by atoms with Gasteiger partial charge in [-0.1, -0.05) is 13.0 Å². The van der Waals surface area contributed by atoms with Crippen molar-refractivity contribution in [3.8, 4) is 5.75 Å². The average Bonchev–Trinajstić information content (AvgIpc) is 2.40. The van der Waals surface area contributed by atoms with Crippen molar-refractivity contribution in [1.82, 2.24) is 10.3 Å². The molecule has 1 unspecified atom stereocenters. The number of aromatic nitrogens is 1. The van der Waals surface area contributed by atoms with Gasteiger partial charge in [0.05, 0.1) is 7.11 Å². The van der Waals surface area contributed by atoms with E-state index in [1.165, 1.54) is 0 Å². The van der Waals surface area contributed by atoms with Crippen LogP contribution in [0.15, 0.2) is 18.9 Å². The fourth-order valence-electron chi connectivity index (χ4n) is 2.31. The van der Waals surface area contributed by atoms with E-state index in [1.807, 2.05) is 19.2 Å². The van der Waals surface area contributed by atoms with E-state index in [0.717, 1.165) is 35.5 Å². The number of nitrogens with one attached hydrogen (secondary N) is 1. The molecule has 3 heteroatoms. The highest BCUT2D eigenvalue weighted by Gasteiger charge is 2.25. The summed E-state index contributed by atoms with van der Waals surface area (Å²) in [6, 6.07) is 0. The van der Waals surface area contributed by atoms with E-state index >= 15 is 0 Å². The number of ether oxygens (including phenoxy) is 1. The maximum absolute atomic E-state index is 5.50. The van der Waals surface area contributed by atoms with Crippen molar-refractivity contribution in [3.05, 3.63) is 35.7 Å².